The molecule has 1 rings (SSSR count). The Balaban J connectivity index is 2.56. The molecule has 0 heterocycles. The Labute approximate surface area is 117 Å². The highest BCUT2D eigenvalue weighted by atomic mass is 35.5. The summed E-state index contributed by atoms with van der Waals surface area (Å²) < 4.78 is 24.0. The van der Waals surface area contributed by atoms with Gasteiger partial charge in [-0.25, -0.2) is 8.42 Å². The quantitative estimate of drug-likeness (QED) is 0.826. The monoisotopic (exact) mass is 305 g/mol. The minimum Gasteiger partial charge on any atom is -0.481 e. The third kappa shape index (κ3) is 5.59. The molecule has 0 radical (unpaired) electrons. The summed E-state index contributed by atoms with van der Waals surface area (Å²) in [6, 6.07) is 6.00. The van der Waals surface area contributed by atoms with E-state index in [4.69, 9.17) is 16.7 Å². The zero-order valence-corrected chi connectivity index (χ0v) is 12.1. The van der Waals surface area contributed by atoms with Crippen LogP contribution >= 0.6 is 11.6 Å². The first-order chi connectivity index (χ1) is 8.81. The number of halogens is 1. The highest BCUT2D eigenvalue weighted by Gasteiger charge is 2.15. The maximum absolute atomic E-state index is 12.0. The SMILES string of the molecule is CN(CCC(=O)O)CCS(=O)(=O)c1ccc(Cl)cc1. The van der Waals surface area contributed by atoms with Crippen LogP contribution in [-0.4, -0.2) is 50.3 Å². The van der Waals surface area contributed by atoms with E-state index < -0.39 is 15.8 Å². The van der Waals surface area contributed by atoms with Gasteiger partial charge in [-0.15, -0.1) is 0 Å². The lowest BCUT2D eigenvalue weighted by Crippen LogP contribution is -2.27. The summed E-state index contributed by atoms with van der Waals surface area (Å²) in [6.45, 7) is 0.615. The Bertz CT molecular complexity index is 527. The van der Waals surface area contributed by atoms with Gasteiger partial charge >= 0.3 is 5.97 Å². The van der Waals surface area contributed by atoms with Crippen LogP contribution in [0.3, 0.4) is 0 Å². The van der Waals surface area contributed by atoms with Crippen molar-refractivity contribution in [2.45, 2.75) is 11.3 Å². The van der Waals surface area contributed by atoms with Crippen LogP contribution in [0.2, 0.25) is 5.02 Å². The smallest absolute Gasteiger partial charge is 0.304 e. The largest absolute Gasteiger partial charge is 0.481 e. The number of nitrogens with zero attached hydrogens (tertiary/aromatic N) is 1. The van der Waals surface area contributed by atoms with Crippen molar-refractivity contribution in [3.63, 3.8) is 0 Å². The third-order valence-electron chi connectivity index (χ3n) is 2.62. The van der Waals surface area contributed by atoms with Gasteiger partial charge in [0.1, 0.15) is 0 Å². The van der Waals surface area contributed by atoms with Crippen molar-refractivity contribution in [3.8, 4) is 0 Å². The van der Waals surface area contributed by atoms with Crippen LogP contribution in [0.5, 0.6) is 0 Å². The molecular weight excluding hydrogens is 290 g/mol. The molecule has 7 heteroatoms. The predicted octanol–water partition coefficient (Wildman–Crippen LogP) is 1.52. The second-order valence-corrected chi connectivity index (χ2v) is 6.77. The summed E-state index contributed by atoms with van der Waals surface area (Å²) in [7, 11) is -1.66. The van der Waals surface area contributed by atoms with Crippen molar-refractivity contribution >= 4 is 27.4 Å². The Kier molecular flexibility index (Phi) is 5.78. The van der Waals surface area contributed by atoms with Gasteiger partial charge in [0, 0.05) is 18.1 Å². The lowest BCUT2D eigenvalue weighted by Gasteiger charge is -2.15. The molecule has 0 spiro atoms. The topological polar surface area (TPSA) is 74.7 Å². The molecule has 0 aliphatic carbocycles. The maximum Gasteiger partial charge on any atom is 0.304 e. The number of aliphatic carboxylic acids is 1. The number of hydrogen-bond acceptors (Lipinski definition) is 4. The van der Waals surface area contributed by atoms with E-state index in [2.05, 4.69) is 0 Å². The fourth-order valence-electron chi connectivity index (χ4n) is 1.43. The Morgan fingerprint density at radius 2 is 1.84 bits per heavy atom. The molecule has 0 saturated carbocycles. The highest BCUT2D eigenvalue weighted by Crippen LogP contribution is 2.15. The molecule has 0 saturated heterocycles. The second kappa shape index (κ2) is 6.88. The van der Waals surface area contributed by atoms with E-state index in [1.165, 1.54) is 24.3 Å². The number of sulfone groups is 1. The summed E-state index contributed by atoms with van der Waals surface area (Å²) in [5.41, 5.74) is 0. The summed E-state index contributed by atoms with van der Waals surface area (Å²) in [5, 5.41) is 9.02. The van der Waals surface area contributed by atoms with Crippen molar-refractivity contribution in [1.29, 1.82) is 0 Å². The first-order valence-corrected chi connectivity index (χ1v) is 7.73. The summed E-state index contributed by atoms with van der Waals surface area (Å²) in [6.07, 6.45) is -0.00249. The van der Waals surface area contributed by atoms with Gasteiger partial charge in [-0.3, -0.25) is 4.79 Å². The molecule has 19 heavy (non-hydrogen) atoms. The summed E-state index contributed by atoms with van der Waals surface area (Å²) >= 11 is 5.70. The molecule has 1 aromatic rings. The molecule has 0 atom stereocenters. The molecule has 0 aliphatic heterocycles. The van der Waals surface area contributed by atoms with E-state index in [-0.39, 0.29) is 23.6 Å². The zero-order chi connectivity index (χ0) is 14.5. The van der Waals surface area contributed by atoms with Crippen molar-refractivity contribution in [3.05, 3.63) is 29.3 Å². The van der Waals surface area contributed by atoms with Crippen molar-refractivity contribution in [2.75, 3.05) is 25.9 Å². The average molecular weight is 306 g/mol. The van der Waals surface area contributed by atoms with Crippen LogP contribution in [0, 0.1) is 0 Å². The van der Waals surface area contributed by atoms with Gasteiger partial charge in [-0.1, -0.05) is 11.6 Å². The van der Waals surface area contributed by atoms with Gasteiger partial charge in [0.05, 0.1) is 17.1 Å². The molecule has 1 aromatic carbocycles. The zero-order valence-electron chi connectivity index (χ0n) is 10.5. The van der Waals surface area contributed by atoms with Crippen LogP contribution in [-0.2, 0) is 14.6 Å². The number of carboxylic acid groups (broad SMARTS) is 1. The fraction of sp³-hybridized carbons (Fsp3) is 0.417. The van der Waals surface area contributed by atoms with Gasteiger partial charge in [0.25, 0.3) is 0 Å². The molecule has 0 bridgehead atoms. The van der Waals surface area contributed by atoms with Gasteiger partial charge in [-0.2, -0.15) is 0 Å². The van der Waals surface area contributed by atoms with E-state index in [0.717, 1.165) is 0 Å². The molecule has 0 unspecified atom stereocenters. The average Bonchev–Trinajstić information content (AvgIpc) is 2.34. The number of hydrogen-bond donors (Lipinski definition) is 1. The minimum absolute atomic E-state index is 0.00249. The fourth-order valence-corrected chi connectivity index (χ4v) is 2.90. The Morgan fingerprint density at radius 1 is 1.26 bits per heavy atom. The summed E-state index contributed by atoms with van der Waals surface area (Å²) in [4.78, 5) is 12.3. The number of rotatable bonds is 7. The molecular formula is C12H16ClNO4S. The molecule has 5 nitrogen and oxygen atoms in total. The Morgan fingerprint density at radius 3 is 2.37 bits per heavy atom. The lowest BCUT2D eigenvalue weighted by atomic mass is 10.4. The van der Waals surface area contributed by atoms with Crippen LogP contribution < -0.4 is 0 Å². The molecule has 1 N–H and O–H groups in total. The van der Waals surface area contributed by atoms with E-state index in [1.54, 1.807) is 11.9 Å². The van der Waals surface area contributed by atoms with Crippen molar-refractivity contribution < 1.29 is 18.3 Å². The first-order valence-electron chi connectivity index (χ1n) is 5.70. The van der Waals surface area contributed by atoms with Crippen LogP contribution in [0.1, 0.15) is 6.42 Å². The Hall–Kier alpha value is -1.11. The van der Waals surface area contributed by atoms with E-state index in [1.807, 2.05) is 0 Å². The van der Waals surface area contributed by atoms with Crippen molar-refractivity contribution in [1.82, 2.24) is 4.90 Å². The predicted molar refractivity (Wildman–Crippen MR) is 73.3 cm³/mol. The molecule has 0 fully saturated rings. The van der Waals surface area contributed by atoms with Gasteiger partial charge in [0.2, 0.25) is 0 Å². The molecule has 0 aliphatic rings. The van der Waals surface area contributed by atoms with Crippen molar-refractivity contribution in [2.24, 2.45) is 0 Å². The highest BCUT2D eigenvalue weighted by molar-refractivity contribution is 7.91. The van der Waals surface area contributed by atoms with Crippen LogP contribution in [0.4, 0.5) is 0 Å². The maximum atomic E-state index is 12.0. The standard InChI is InChI=1S/C12H16ClNO4S/c1-14(7-6-12(15)16)8-9-19(17,18)11-4-2-10(13)3-5-11/h2-5H,6-9H2,1H3,(H,15,16). The van der Waals surface area contributed by atoms with E-state index in [9.17, 15) is 13.2 Å². The van der Waals surface area contributed by atoms with Crippen LogP contribution in [0.15, 0.2) is 29.2 Å². The molecule has 106 valence electrons. The van der Waals surface area contributed by atoms with E-state index >= 15 is 0 Å². The van der Waals surface area contributed by atoms with Gasteiger partial charge < -0.3 is 10.0 Å². The number of carbonyl (C=O) groups is 1. The lowest BCUT2D eigenvalue weighted by molar-refractivity contribution is -0.137. The normalized spacial score (nSPS) is 11.7. The molecule has 0 aromatic heterocycles. The third-order valence-corrected chi connectivity index (χ3v) is 4.58. The second-order valence-electron chi connectivity index (χ2n) is 4.22. The number of carboxylic acids is 1. The summed E-state index contributed by atoms with van der Waals surface area (Å²) in [5.74, 6) is -0.947. The molecule has 0 amide bonds. The number of benzene rings is 1. The van der Waals surface area contributed by atoms with Gasteiger partial charge in [-0.05, 0) is 31.3 Å². The first kappa shape index (κ1) is 15.9. The minimum atomic E-state index is -3.36. The van der Waals surface area contributed by atoms with Gasteiger partial charge in [0.15, 0.2) is 9.84 Å². The van der Waals surface area contributed by atoms with Crippen LogP contribution in [0.25, 0.3) is 0 Å². The van der Waals surface area contributed by atoms with E-state index in [0.29, 0.717) is 11.6 Å².